The summed E-state index contributed by atoms with van der Waals surface area (Å²) in [5.41, 5.74) is 0. The standard InChI is InChI=1S/C23H28FNO4/c1-2-27-21-10-5-6-11-22(21)29-18-13-15-25(16-14-18)23(26)12-7-17-28-20-9-4-3-8-19(20)24/h3-6,8-11,18H,2,7,12-17H2,1H3. The molecule has 3 rings (SSSR count). The molecule has 29 heavy (non-hydrogen) atoms. The topological polar surface area (TPSA) is 48.0 Å². The van der Waals surface area contributed by atoms with Crippen molar-refractivity contribution in [2.75, 3.05) is 26.3 Å². The minimum atomic E-state index is -0.383. The van der Waals surface area contributed by atoms with E-state index in [9.17, 15) is 9.18 Å². The smallest absolute Gasteiger partial charge is 0.222 e. The summed E-state index contributed by atoms with van der Waals surface area (Å²) in [6, 6.07) is 14.0. The van der Waals surface area contributed by atoms with Crippen LogP contribution in [0.5, 0.6) is 17.2 Å². The molecule has 0 bridgehead atoms. The monoisotopic (exact) mass is 401 g/mol. The van der Waals surface area contributed by atoms with Crippen molar-refractivity contribution in [2.45, 2.75) is 38.7 Å². The number of hydrogen-bond acceptors (Lipinski definition) is 4. The van der Waals surface area contributed by atoms with Crippen LogP contribution in [0.15, 0.2) is 48.5 Å². The number of carbonyl (C=O) groups excluding carboxylic acids is 1. The number of para-hydroxylation sites is 3. The molecule has 0 N–H and O–H groups in total. The molecule has 5 nitrogen and oxygen atoms in total. The van der Waals surface area contributed by atoms with Crippen LogP contribution < -0.4 is 14.2 Å². The molecular formula is C23H28FNO4. The number of halogens is 1. The van der Waals surface area contributed by atoms with Crippen molar-refractivity contribution in [1.82, 2.24) is 4.90 Å². The van der Waals surface area contributed by atoms with E-state index >= 15 is 0 Å². The van der Waals surface area contributed by atoms with Gasteiger partial charge in [-0.15, -0.1) is 0 Å². The van der Waals surface area contributed by atoms with Crippen LogP contribution in [0.4, 0.5) is 4.39 Å². The normalized spacial score (nSPS) is 14.5. The third-order valence-corrected chi connectivity index (χ3v) is 4.87. The summed E-state index contributed by atoms with van der Waals surface area (Å²) in [4.78, 5) is 14.3. The quantitative estimate of drug-likeness (QED) is 0.583. The summed E-state index contributed by atoms with van der Waals surface area (Å²) in [5.74, 6) is 1.46. The van der Waals surface area contributed by atoms with Crippen LogP contribution in [-0.2, 0) is 4.79 Å². The SMILES string of the molecule is CCOc1ccccc1OC1CCN(C(=O)CCCOc2ccccc2F)CC1. The minimum absolute atomic E-state index is 0.0741. The number of likely N-dealkylation sites (tertiary alicyclic amines) is 1. The van der Waals surface area contributed by atoms with Gasteiger partial charge in [-0.25, -0.2) is 4.39 Å². The molecule has 156 valence electrons. The minimum Gasteiger partial charge on any atom is -0.491 e. The molecule has 1 aliphatic rings. The number of nitrogens with zero attached hydrogens (tertiary/aromatic N) is 1. The second kappa shape index (κ2) is 10.7. The Morgan fingerprint density at radius 3 is 2.34 bits per heavy atom. The third-order valence-electron chi connectivity index (χ3n) is 4.87. The molecule has 1 fully saturated rings. The molecule has 0 saturated carbocycles. The summed E-state index contributed by atoms with van der Waals surface area (Å²) in [5, 5.41) is 0. The Morgan fingerprint density at radius 1 is 1.00 bits per heavy atom. The first-order valence-corrected chi connectivity index (χ1v) is 10.2. The maximum atomic E-state index is 13.5. The van der Waals surface area contributed by atoms with Gasteiger partial charge in [0.2, 0.25) is 5.91 Å². The largest absolute Gasteiger partial charge is 0.491 e. The van der Waals surface area contributed by atoms with Crippen molar-refractivity contribution in [3.63, 3.8) is 0 Å². The van der Waals surface area contributed by atoms with Gasteiger partial charge in [-0.3, -0.25) is 4.79 Å². The third kappa shape index (κ3) is 6.11. The summed E-state index contributed by atoms with van der Waals surface area (Å²) in [6.45, 7) is 4.21. The Balaban J connectivity index is 1.38. The van der Waals surface area contributed by atoms with Crippen LogP contribution in [-0.4, -0.2) is 43.2 Å². The molecule has 0 spiro atoms. The number of rotatable bonds is 9. The maximum absolute atomic E-state index is 13.5. The Hall–Kier alpha value is -2.76. The highest BCUT2D eigenvalue weighted by atomic mass is 19.1. The van der Waals surface area contributed by atoms with Crippen LogP contribution in [0.2, 0.25) is 0 Å². The van der Waals surface area contributed by atoms with Crippen molar-refractivity contribution < 1.29 is 23.4 Å². The Kier molecular flexibility index (Phi) is 7.73. The van der Waals surface area contributed by atoms with E-state index < -0.39 is 0 Å². The number of carbonyl (C=O) groups is 1. The second-order valence-corrected chi connectivity index (χ2v) is 6.96. The van der Waals surface area contributed by atoms with E-state index in [-0.39, 0.29) is 23.6 Å². The summed E-state index contributed by atoms with van der Waals surface area (Å²) >= 11 is 0. The number of ether oxygens (including phenoxy) is 3. The van der Waals surface area contributed by atoms with Crippen LogP contribution in [0, 0.1) is 5.82 Å². The van der Waals surface area contributed by atoms with E-state index in [1.54, 1.807) is 18.2 Å². The number of benzene rings is 2. The van der Waals surface area contributed by atoms with Gasteiger partial charge in [-0.2, -0.15) is 0 Å². The zero-order valence-electron chi connectivity index (χ0n) is 16.8. The fourth-order valence-electron chi connectivity index (χ4n) is 3.35. The molecule has 0 radical (unpaired) electrons. The molecular weight excluding hydrogens is 373 g/mol. The van der Waals surface area contributed by atoms with E-state index in [1.807, 2.05) is 36.1 Å². The Bertz CT molecular complexity index is 790. The lowest BCUT2D eigenvalue weighted by atomic mass is 10.1. The summed E-state index contributed by atoms with van der Waals surface area (Å²) in [6.07, 6.45) is 2.61. The van der Waals surface area contributed by atoms with Gasteiger partial charge in [-0.05, 0) is 37.6 Å². The molecule has 2 aromatic carbocycles. The molecule has 0 unspecified atom stereocenters. The predicted molar refractivity (Wildman–Crippen MR) is 109 cm³/mol. The van der Waals surface area contributed by atoms with Crippen molar-refractivity contribution >= 4 is 5.91 Å². The molecule has 0 atom stereocenters. The van der Waals surface area contributed by atoms with E-state index in [4.69, 9.17) is 14.2 Å². The fourth-order valence-corrected chi connectivity index (χ4v) is 3.35. The lowest BCUT2D eigenvalue weighted by molar-refractivity contribution is -0.133. The molecule has 0 aliphatic carbocycles. The lowest BCUT2D eigenvalue weighted by Gasteiger charge is -2.32. The highest BCUT2D eigenvalue weighted by Gasteiger charge is 2.24. The average molecular weight is 401 g/mol. The number of amides is 1. The van der Waals surface area contributed by atoms with Gasteiger partial charge in [0.05, 0.1) is 13.2 Å². The predicted octanol–water partition coefficient (Wildman–Crippen LogP) is 4.45. The highest BCUT2D eigenvalue weighted by Crippen LogP contribution is 2.29. The molecule has 6 heteroatoms. The lowest BCUT2D eigenvalue weighted by Crippen LogP contribution is -2.41. The van der Waals surface area contributed by atoms with E-state index in [1.165, 1.54) is 6.07 Å². The van der Waals surface area contributed by atoms with Gasteiger partial charge >= 0.3 is 0 Å². The zero-order chi connectivity index (χ0) is 20.5. The van der Waals surface area contributed by atoms with Crippen molar-refractivity contribution in [2.24, 2.45) is 0 Å². The van der Waals surface area contributed by atoms with Gasteiger partial charge < -0.3 is 19.1 Å². The van der Waals surface area contributed by atoms with Crippen molar-refractivity contribution in [1.29, 1.82) is 0 Å². The molecule has 1 aliphatic heterocycles. The highest BCUT2D eigenvalue weighted by molar-refractivity contribution is 5.76. The van der Waals surface area contributed by atoms with Crippen LogP contribution in [0.1, 0.15) is 32.6 Å². The van der Waals surface area contributed by atoms with Crippen LogP contribution in [0.25, 0.3) is 0 Å². The number of hydrogen-bond donors (Lipinski definition) is 0. The summed E-state index contributed by atoms with van der Waals surface area (Å²) in [7, 11) is 0. The van der Waals surface area contributed by atoms with Gasteiger partial charge in [0.1, 0.15) is 6.10 Å². The van der Waals surface area contributed by atoms with E-state index in [0.717, 1.165) is 24.3 Å². The maximum Gasteiger partial charge on any atom is 0.222 e. The van der Waals surface area contributed by atoms with Crippen LogP contribution in [0.3, 0.4) is 0 Å². The van der Waals surface area contributed by atoms with Crippen molar-refractivity contribution in [3.8, 4) is 17.2 Å². The van der Waals surface area contributed by atoms with Gasteiger partial charge in [0, 0.05) is 32.4 Å². The van der Waals surface area contributed by atoms with Gasteiger partial charge in [0.25, 0.3) is 0 Å². The Labute approximate surface area is 171 Å². The zero-order valence-corrected chi connectivity index (χ0v) is 16.8. The molecule has 2 aromatic rings. The van der Waals surface area contributed by atoms with E-state index in [0.29, 0.717) is 39.1 Å². The van der Waals surface area contributed by atoms with Gasteiger partial charge in [-0.1, -0.05) is 24.3 Å². The van der Waals surface area contributed by atoms with Crippen LogP contribution >= 0.6 is 0 Å². The van der Waals surface area contributed by atoms with Gasteiger partial charge in [0.15, 0.2) is 23.1 Å². The number of piperidine rings is 1. The molecule has 1 amide bonds. The summed E-state index contributed by atoms with van der Waals surface area (Å²) < 4.78 is 30.6. The molecule has 0 aromatic heterocycles. The first kappa shape index (κ1) is 21.0. The Morgan fingerprint density at radius 2 is 1.66 bits per heavy atom. The fraction of sp³-hybridized carbons (Fsp3) is 0.435. The molecule has 1 heterocycles. The molecule has 1 saturated heterocycles. The van der Waals surface area contributed by atoms with E-state index in [2.05, 4.69) is 0 Å². The van der Waals surface area contributed by atoms with Crippen molar-refractivity contribution in [3.05, 3.63) is 54.3 Å². The second-order valence-electron chi connectivity index (χ2n) is 6.96. The first-order chi connectivity index (χ1) is 14.2. The first-order valence-electron chi connectivity index (χ1n) is 10.2. The average Bonchev–Trinajstić information content (AvgIpc) is 2.74.